The van der Waals surface area contributed by atoms with Crippen LogP contribution in [0.5, 0.6) is 0 Å². The Hall–Kier alpha value is -0.0800. The number of hydrogen-bond donors (Lipinski definition) is 2. The van der Waals surface area contributed by atoms with Gasteiger partial charge in [-0.25, -0.2) is 0 Å². The normalized spacial score (nSPS) is 32.8. The summed E-state index contributed by atoms with van der Waals surface area (Å²) in [6, 6.07) is 0.459. The van der Waals surface area contributed by atoms with Crippen molar-refractivity contribution >= 4 is 0 Å². The zero-order valence-corrected chi connectivity index (χ0v) is 9.35. The fraction of sp³-hybridized carbons (Fsp3) is 1.00. The minimum atomic E-state index is -0.489. The van der Waals surface area contributed by atoms with Crippen LogP contribution in [0.4, 0.5) is 0 Å². The fourth-order valence-electron chi connectivity index (χ4n) is 2.09. The van der Waals surface area contributed by atoms with Crippen molar-refractivity contribution in [1.82, 2.24) is 5.32 Å². The first-order valence-electron chi connectivity index (χ1n) is 5.33. The number of aliphatic hydroxyl groups is 1. The first kappa shape index (κ1) is 11.0. The Morgan fingerprint density at radius 2 is 1.92 bits per heavy atom. The average Bonchev–Trinajstić information content (AvgIpc) is 2.24. The molecule has 1 saturated carbocycles. The molecule has 1 fully saturated rings. The molecule has 1 aliphatic carbocycles. The molecule has 1 rings (SSSR count). The van der Waals surface area contributed by atoms with Gasteiger partial charge in [-0.2, -0.15) is 0 Å². The van der Waals surface area contributed by atoms with Crippen LogP contribution >= 0.6 is 0 Å². The molecule has 0 aromatic carbocycles. The minimum absolute atomic E-state index is 0.0783. The van der Waals surface area contributed by atoms with E-state index >= 15 is 0 Å². The van der Waals surface area contributed by atoms with Crippen molar-refractivity contribution in [3.8, 4) is 0 Å². The van der Waals surface area contributed by atoms with Gasteiger partial charge in [0.05, 0.1) is 5.60 Å². The van der Waals surface area contributed by atoms with E-state index in [9.17, 15) is 5.11 Å². The molecule has 78 valence electrons. The van der Waals surface area contributed by atoms with Gasteiger partial charge in [0.1, 0.15) is 0 Å². The maximum atomic E-state index is 10.4. The molecular formula is C11H23NO. The molecule has 0 amide bonds. The van der Waals surface area contributed by atoms with Crippen LogP contribution in [0.3, 0.4) is 0 Å². The van der Waals surface area contributed by atoms with E-state index in [0.29, 0.717) is 6.04 Å². The highest BCUT2D eigenvalue weighted by Crippen LogP contribution is 2.45. The third kappa shape index (κ3) is 2.23. The van der Waals surface area contributed by atoms with Gasteiger partial charge < -0.3 is 10.4 Å². The van der Waals surface area contributed by atoms with Crippen molar-refractivity contribution in [3.05, 3.63) is 0 Å². The van der Waals surface area contributed by atoms with Crippen molar-refractivity contribution < 1.29 is 5.11 Å². The second-order valence-corrected chi connectivity index (χ2v) is 5.30. The van der Waals surface area contributed by atoms with Gasteiger partial charge in [0.15, 0.2) is 0 Å². The van der Waals surface area contributed by atoms with Crippen molar-refractivity contribution in [2.75, 3.05) is 6.54 Å². The van der Waals surface area contributed by atoms with E-state index in [1.807, 2.05) is 0 Å². The summed E-state index contributed by atoms with van der Waals surface area (Å²) in [6.07, 6.45) is 3.24. The maximum absolute atomic E-state index is 10.4. The first-order valence-corrected chi connectivity index (χ1v) is 5.33. The molecule has 0 aromatic heterocycles. The maximum Gasteiger partial charge on any atom is 0.0822 e. The van der Waals surface area contributed by atoms with Crippen LogP contribution in [0, 0.1) is 5.41 Å². The number of nitrogens with one attached hydrogen (secondary N) is 1. The summed E-state index contributed by atoms with van der Waals surface area (Å²) < 4.78 is 0. The smallest absolute Gasteiger partial charge is 0.0822 e. The molecule has 2 nitrogen and oxygen atoms in total. The van der Waals surface area contributed by atoms with Crippen LogP contribution in [0.2, 0.25) is 0 Å². The van der Waals surface area contributed by atoms with Gasteiger partial charge in [0.2, 0.25) is 0 Å². The number of rotatable bonds is 3. The van der Waals surface area contributed by atoms with Crippen LogP contribution in [0.25, 0.3) is 0 Å². The summed E-state index contributed by atoms with van der Waals surface area (Å²) in [5, 5.41) is 13.7. The van der Waals surface area contributed by atoms with Crippen LogP contribution in [0.1, 0.15) is 47.0 Å². The standard InChI is InChI=1S/C11H23NO/c1-9(2)12-8-11(13)7-5-6-10(11,3)4/h9,12-13H,5-8H2,1-4H3. The fourth-order valence-corrected chi connectivity index (χ4v) is 2.09. The third-order valence-corrected chi connectivity index (χ3v) is 3.45. The van der Waals surface area contributed by atoms with E-state index in [1.54, 1.807) is 0 Å². The Morgan fingerprint density at radius 1 is 1.31 bits per heavy atom. The second kappa shape index (κ2) is 3.58. The van der Waals surface area contributed by atoms with E-state index in [-0.39, 0.29) is 5.41 Å². The molecule has 1 aliphatic rings. The molecule has 2 heteroatoms. The SMILES string of the molecule is CC(C)NCC1(O)CCCC1(C)C. The van der Waals surface area contributed by atoms with Crippen molar-refractivity contribution in [3.63, 3.8) is 0 Å². The monoisotopic (exact) mass is 185 g/mol. The lowest BCUT2D eigenvalue weighted by Crippen LogP contribution is -2.49. The van der Waals surface area contributed by atoms with E-state index in [2.05, 4.69) is 33.0 Å². The molecule has 1 atom stereocenters. The molecule has 2 N–H and O–H groups in total. The highest BCUT2D eigenvalue weighted by molar-refractivity contribution is 5.00. The topological polar surface area (TPSA) is 32.3 Å². The molecule has 0 aromatic rings. The highest BCUT2D eigenvalue weighted by Gasteiger charge is 2.46. The zero-order valence-electron chi connectivity index (χ0n) is 9.35. The lowest BCUT2D eigenvalue weighted by atomic mass is 9.77. The van der Waals surface area contributed by atoms with Crippen molar-refractivity contribution in [2.45, 2.75) is 58.6 Å². The Labute approximate surface area is 81.7 Å². The van der Waals surface area contributed by atoms with Gasteiger partial charge in [-0.15, -0.1) is 0 Å². The molecule has 1 unspecified atom stereocenters. The summed E-state index contributed by atoms with van der Waals surface area (Å²) in [5.74, 6) is 0. The zero-order chi connectivity index (χ0) is 10.1. The molecule has 0 radical (unpaired) electrons. The van der Waals surface area contributed by atoms with Crippen LogP contribution in [0.15, 0.2) is 0 Å². The van der Waals surface area contributed by atoms with Gasteiger partial charge in [0.25, 0.3) is 0 Å². The summed E-state index contributed by atoms with van der Waals surface area (Å²) in [6.45, 7) is 9.30. The molecule has 0 spiro atoms. The largest absolute Gasteiger partial charge is 0.388 e. The van der Waals surface area contributed by atoms with Crippen molar-refractivity contribution in [1.29, 1.82) is 0 Å². The lowest BCUT2D eigenvalue weighted by molar-refractivity contribution is -0.0419. The van der Waals surface area contributed by atoms with Crippen LogP contribution in [-0.4, -0.2) is 23.3 Å². The summed E-state index contributed by atoms with van der Waals surface area (Å²) in [7, 11) is 0. The van der Waals surface area contributed by atoms with E-state index in [1.165, 1.54) is 0 Å². The van der Waals surface area contributed by atoms with Crippen LogP contribution < -0.4 is 5.32 Å². The quantitative estimate of drug-likeness (QED) is 0.704. The van der Waals surface area contributed by atoms with Gasteiger partial charge in [-0.3, -0.25) is 0 Å². The minimum Gasteiger partial charge on any atom is -0.388 e. The predicted octanol–water partition coefficient (Wildman–Crippen LogP) is 1.93. The lowest BCUT2D eigenvalue weighted by Gasteiger charge is -2.37. The summed E-state index contributed by atoms with van der Waals surface area (Å²) in [5.41, 5.74) is -0.411. The van der Waals surface area contributed by atoms with Gasteiger partial charge in [-0.05, 0) is 24.7 Å². The molecule has 0 aliphatic heterocycles. The van der Waals surface area contributed by atoms with Crippen LogP contribution in [-0.2, 0) is 0 Å². The van der Waals surface area contributed by atoms with Gasteiger partial charge in [0, 0.05) is 12.6 Å². The Bertz CT molecular complexity index is 177. The molecule has 0 heterocycles. The average molecular weight is 185 g/mol. The van der Waals surface area contributed by atoms with Gasteiger partial charge in [-0.1, -0.05) is 27.7 Å². The van der Waals surface area contributed by atoms with Gasteiger partial charge >= 0.3 is 0 Å². The summed E-state index contributed by atoms with van der Waals surface area (Å²) in [4.78, 5) is 0. The summed E-state index contributed by atoms with van der Waals surface area (Å²) >= 11 is 0. The van der Waals surface area contributed by atoms with E-state index < -0.39 is 5.60 Å². The Balaban J connectivity index is 2.54. The molecular weight excluding hydrogens is 162 g/mol. The molecule has 0 bridgehead atoms. The number of hydrogen-bond acceptors (Lipinski definition) is 2. The molecule has 13 heavy (non-hydrogen) atoms. The molecule has 0 saturated heterocycles. The van der Waals surface area contributed by atoms with E-state index in [4.69, 9.17) is 0 Å². The highest BCUT2D eigenvalue weighted by atomic mass is 16.3. The predicted molar refractivity (Wildman–Crippen MR) is 55.7 cm³/mol. The second-order valence-electron chi connectivity index (χ2n) is 5.30. The van der Waals surface area contributed by atoms with Crippen molar-refractivity contribution in [2.24, 2.45) is 5.41 Å². The first-order chi connectivity index (χ1) is 5.87. The Morgan fingerprint density at radius 3 is 2.31 bits per heavy atom. The van der Waals surface area contributed by atoms with E-state index in [0.717, 1.165) is 25.8 Å². The third-order valence-electron chi connectivity index (χ3n) is 3.45. The Kier molecular flexibility index (Phi) is 3.03.